The molecule has 2 rings (SSSR count). The summed E-state index contributed by atoms with van der Waals surface area (Å²) in [5, 5.41) is 12.4. The lowest BCUT2D eigenvalue weighted by Crippen LogP contribution is -2.39. The van der Waals surface area contributed by atoms with Gasteiger partial charge in [0.1, 0.15) is 0 Å². The van der Waals surface area contributed by atoms with E-state index in [9.17, 15) is 9.59 Å². The maximum absolute atomic E-state index is 12.7. The van der Waals surface area contributed by atoms with Gasteiger partial charge in [0.25, 0.3) is 0 Å². The molecule has 1 atom stereocenters. The highest BCUT2D eigenvalue weighted by Crippen LogP contribution is 2.32. The molecular formula is C20H29NO3. The van der Waals surface area contributed by atoms with Crippen molar-refractivity contribution in [2.45, 2.75) is 58.4 Å². The molecule has 24 heavy (non-hydrogen) atoms. The third kappa shape index (κ3) is 4.59. The van der Waals surface area contributed by atoms with Crippen LogP contribution in [0.1, 0.15) is 64.0 Å². The van der Waals surface area contributed by atoms with Crippen LogP contribution >= 0.6 is 0 Å². The van der Waals surface area contributed by atoms with Crippen molar-refractivity contribution in [3.8, 4) is 0 Å². The molecule has 0 heterocycles. The second-order valence-electron chi connectivity index (χ2n) is 6.86. The molecule has 0 spiro atoms. The first-order valence-corrected chi connectivity index (χ1v) is 9.14. The monoisotopic (exact) mass is 331 g/mol. The van der Waals surface area contributed by atoms with Crippen LogP contribution in [0.25, 0.3) is 0 Å². The number of aliphatic carboxylic acids is 1. The molecule has 4 heteroatoms. The van der Waals surface area contributed by atoms with E-state index >= 15 is 0 Å². The average molecular weight is 331 g/mol. The van der Waals surface area contributed by atoms with Crippen molar-refractivity contribution in [1.82, 2.24) is 5.32 Å². The van der Waals surface area contributed by atoms with E-state index in [0.29, 0.717) is 31.6 Å². The molecule has 0 bridgehead atoms. The highest BCUT2D eigenvalue weighted by molar-refractivity contribution is 5.79. The van der Waals surface area contributed by atoms with Crippen molar-refractivity contribution in [3.63, 3.8) is 0 Å². The molecular weight excluding hydrogens is 302 g/mol. The Kier molecular flexibility index (Phi) is 6.83. The molecule has 1 unspecified atom stereocenters. The van der Waals surface area contributed by atoms with E-state index in [2.05, 4.69) is 31.3 Å². The van der Waals surface area contributed by atoms with E-state index < -0.39 is 5.97 Å². The number of rotatable bonds is 7. The van der Waals surface area contributed by atoms with Crippen molar-refractivity contribution in [2.75, 3.05) is 0 Å². The molecule has 2 N–H and O–H groups in total. The van der Waals surface area contributed by atoms with E-state index in [1.807, 2.05) is 18.2 Å². The quantitative estimate of drug-likeness (QED) is 0.788. The van der Waals surface area contributed by atoms with Gasteiger partial charge >= 0.3 is 5.97 Å². The molecule has 1 fully saturated rings. The summed E-state index contributed by atoms with van der Waals surface area (Å²) in [5.74, 6) is -0.571. The van der Waals surface area contributed by atoms with Gasteiger partial charge in [-0.1, -0.05) is 57.0 Å². The van der Waals surface area contributed by atoms with Gasteiger partial charge in [0.05, 0.1) is 12.0 Å². The maximum Gasteiger partial charge on any atom is 0.306 e. The lowest BCUT2D eigenvalue weighted by molar-refractivity contribution is -0.144. The van der Waals surface area contributed by atoms with Crippen LogP contribution in [-0.4, -0.2) is 17.0 Å². The first-order chi connectivity index (χ1) is 11.6. The fraction of sp³-hybridized carbons (Fsp3) is 0.600. The zero-order valence-electron chi connectivity index (χ0n) is 14.7. The summed E-state index contributed by atoms with van der Waals surface area (Å²) in [5.41, 5.74) is 1.15. The second-order valence-corrected chi connectivity index (χ2v) is 6.86. The van der Waals surface area contributed by atoms with Crippen LogP contribution in [0.2, 0.25) is 0 Å². The van der Waals surface area contributed by atoms with Crippen LogP contribution < -0.4 is 5.32 Å². The van der Waals surface area contributed by atoms with Crippen LogP contribution in [-0.2, 0) is 9.59 Å². The summed E-state index contributed by atoms with van der Waals surface area (Å²) in [6.45, 7) is 4.32. The highest BCUT2D eigenvalue weighted by Gasteiger charge is 2.31. The lowest BCUT2D eigenvalue weighted by Gasteiger charge is -2.31. The predicted molar refractivity (Wildman–Crippen MR) is 94.5 cm³/mol. The van der Waals surface area contributed by atoms with Crippen molar-refractivity contribution in [1.29, 1.82) is 0 Å². The Hall–Kier alpha value is -1.84. The Bertz CT molecular complexity index is 531. The Balaban J connectivity index is 2.04. The minimum atomic E-state index is -0.729. The molecule has 0 aliphatic heterocycles. The molecule has 1 aromatic carbocycles. The topological polar surface area (TPSA) is 66.4 Å². The average Bonchev–Trinajstić information content (AvgIpc) is 2.62. The van der Waals surface area contributed by atoms with Crippen LogP contribution in [0.4, 0.5) is 0 Å². The molecule has 1 aromatic rings. The van der Waals surface area contributed by atoms with Gasteiger partial charge < -0.3 is 10.4 Å². The van der Waals surface area contributed by atoms with Crippen molar-refractivity contribution in [2.24, 2.45) is 17.8 Å². The third-order valence-electron chi connectivity index (χ3n) is 5.42. The van der Waals surface area contributed by atoms with Gasteiger partial charge in [-0.05, 0) is 37.2 Å². The Morgan fingerprint density at radius 1 is 1.04 bits per heavy atom. The van der Waals surface area contributed by atoms with Crippen LogP contribution in [0.3, 0.4) is 0 Å². The van der Waals surface area contributed by atoms with Crippen molar-refractivity contribution >= 4 is 11.9 Å². The van der Waals surface area contributed by atoms with Gasteiger partial charge in [-0.15, -0.1) is 0 Å². The molecule has 0 radical (unpaired) electrons. The summed E-state index contributed by atoms with van der Waals surface area (Å²) in [6.07, 6.45) is 4.59. The standard InChI is InChI=1S/C20H29NO3/c1-3-14(4-2)18(15-8-6-5-7-9-15)21-19(22)16-10-12-17(13-11-16)20(23)24/h5-9,14,16-18H,3-4,10-13H2,1-2H3,(H,21,22)(H,23,24). The minimum absolute atomic E-state index is 0.0332. The third-order valence-corrected chi connectivity index (χ3v) is 5.42. The van der Waals surface area contributed by atoms with Gasteiger partial charge in [-0.2, -0.15) is 0 Å². The smallest absolute Gasteiger partial charge is 0.306 e. The van der Waals surface area contributed by atoms with E-state index in [0.717, 1.165) is 18.4 Å². The number of carboxylic acid groups (broad SMARTS) is 1. The van der Waals surface area contributed by atoms with Crippen LogP contribution in [0.5, 0.6) is 0 Å². The molecule has 1 aliphatic carbocycles. The van der Waals surface area contributed by atoms with Gasteiger partial charge in [0.15, 0.2) is 0 Å². The Labute approximate surface area is 144 Å². The normalized spacial score (nSPS) is 22.1. The lowest BCUT2D eigenvalue weighted by atomic mass is 9.81. The predicted octanol–water partition coefficient (Wildman–Crippen LogP) is 4.17. The molecule has 4 nitrogen and oxygen atoms in total. The summed E-state index contributed by atoms with van der Waals surface area (Å²) in [7, 11) is 0. The Morgan fingerprint density at radius 3 is 2.08 bits per heavy atom. The molecule has 0 saturated heterocycles. The zero-order valence-corrected chi connectivity index (χ0v) is 14.7. The summed E-state index contributed by atoms with van der Waals surface area (Å²) < 4.78 is 0. The number of hydrogen-bond acceptors (Lipinski definition) is 2. The van der Waals surface area contributed by atoms with Crippen LogP contribution in [0.15, 0.2) is 30.3 Å². The second kappa shape index (κ2) is 8.86. The fourth-order valence-corrected chi connectivity index (χ4v) is 3.77. The first-order valence-electron chi connectivity index (χ1n) is 9.14. The van der Waals surface area contributed by atoms with Gasteiger partial charge in [0.2, 0.25) is 5.91 Å². The number of hydrogen-bond donors (Lipinski definition) is 2. The first kappa shape index (κ1) is 18.5. The number of amides is 1. The molecule has 1 saturated carbocycles. The van der Waals surface area contributed by atoms with E-state index in [4.69, 9.17) is 5.11 Å². The number of carbonyl (C=O) groups is 2. The molecule has 1 amide bonds. The molecule has 0 aromatic heterocycles. The van der Waals surface area contributed by atoms with Crippen molar-refractivity contribution < 1.29 is 14.7 Å². The fourth-order valence-electron chi connectivity index (χ4n) is 3.77. The molecule has 132 valence electrons. The minimum Gasteiger partial charge on any atom is -0.481 e. The number of benzene rings is 1. The zero-order chi connectivity index (χ0) is 17.5. The highest BCUT2D eigenvalue weighted by atomic mass is 16.4. The summed E-state index contributed by atoms with van der Waals surface area (Å²) in [6, 6.07) is 10.2. The molecule has 1 aliphatic rings. The number of carbonyl (C=O) groups excluding carboxylic acids is 1. The number of nitrogens with one attached hydrogen (secondary N) is 1. The van der Waals surface area contributed by atoms with E-state index in [1.165, 1.54) is 0 Å². The van der Waals surface area contributed by atoms with Gasteiger partial charge in [-0.3, -0.25) is 9.59 Å². The largest absolute Gasteiger partial charge is 0.481 e. The van der Waals surface area contributed by atoms with E-state index in [-0.39, 0.29) is 23.8 Å². The SMILES string of the molecule is CCC(CC)C(NC(=O)C1CCC(C(=O)O)CC1)c1ccccc1. The maximum atomic E-state index is 12.7. The summed E-state index contributed by atoms with van der Waals surface area (Å²) in [4.78, 5) is 23.8. The van der Waals surface area contributed by atoms with Gasteiger partial charge in [-0.25, -0.2) is 0 Å². The summed E-state index contributed by atoms with van der Waals surface area (Å²) >= 11 is 0. The Morgan fingerprint density at radius 2 is 1.58 bits per heavy atom. The van der Waals surface area contributed by atoms with Crippen molar-refractivity contribution in [3.05, 3.63) is 35.9 Å². The van der Waals surface area contributed by atoms with Crippen LogP contribution in [0, 0.1) is 17.8 Å². The number of carboxylic acids is 1. The van der Waals surface area contributed by atoms with E-state index in [1.54, 1.807) is 0 Å². The van der Waals surface area contributed by atoms with Gasteiger partial charge in [0, 0.05) is 5.92 Å².